The molecule has 1 unspecified atom stereocenters. The van der Waals surface area contributed by atoms with Crippen LogP contribution >= 0.6 is 0 Å². The van der Waals surface area contributed by atoms with Gasteiger partial charge in [-0.3, -0.25) is 9.69 Å². The maximum Gasteiger partial charge on any atom is 0.344 e. The molecule has 0 N–H and O–H groups in total. The Balaban J connectivity index is 1.18. The molecule has 4 heterocycles. The molecule has 3 aliphatic heterocycles. The molecule has 3 aliphatic rings. The van der Waals surface area contributed by atoms with Crippen LogP contribution in [0.1, 0.15) is 43.7 Å². The van der Waals surface area contributed by atoms with Gasteiger partial charge in [0.05, 0.1) is 18.1 Å². The lowest BCUT2D eigenvalue weighted by molar-refractivity contribution is -0.116. The standard InChI is InChI=1S/C26H36N6O2/c1-20-14-22(6-7-24(20)30-10-4-5-11-30)16-29-12-8-26(18-29)9-13-31(19-26)25(34)32-17-23(15-27-32)28(3)21(2)33/h6-7,14-15,17H,4-5,8-13,16,18-19H2,1-3H3. The average molecular weight is 465 g/mol. The van der Waals surface area contributed by atoms with Crippen molar-refractivity contribution in [2.24, 2.45) is 5.41 Å². The van der Waals surface area contributed by atoms with E-state index in [1.165, 1.54) is 59.3 Å². The molecule has 0 bridgehead atoms. The van der Waals surface area contributed by atoms with Crippen LogP contribution in [0.25, 0.3) is 0 Å². The van der Waals surface area contributed by atoms with Crippen LogP contribution in [0.2, 0.25) is 0 Å². The summed E-state index contributed by atoms with van der Waals surface area (Å²) in [6, 6.07) is 6.85. The van der Waals surface area contributed by atoms with Crippen molar-refractivity contribution in [2.45, 2.75) is 46.1 Å². The van der Waals surface area contributed by atoms with Gasteiger partial charge in [-0.25, -0.2) is 4.79 Å². The Labute approximate surface area is 202 Å². The van der Waals surface area contributed by atoms with E-state index in [1.807, 2.05) is 4.90 Å². The second-order valence-corrected chi connectivity index (χ2v) is 10.5. The molecule has 3 fully saturated rings. The molecule has 1 aromatic heterocycles. The van der Waals surface area contributed by atoms with Crippen LogP contribution in [0.4, 0.5) is 16.2 Å². The first-order valence-electron chi connectivity index (χ1n) is 12.5. The van der Waals surface area contributed by atoms with Crippen molar-refractivity contribution < 1.29 is 9.59 Å². The molecule has 5 rings (SSSR count). The van der Waals surface area contributed by atoms with E-state index in [1.54, 1.807) is 19.4 Å². The van der Waals surface area contributed by atoms with E-state index in [9.17, 15) is 9.59 Å². The van der Waals surface area contributed by atoms with Gasteiger partial charge in [-0.2, -0.15) is 9.78 Å². The summed E-state index contributed by atoms with van der Waals surface area (Å²) in [5.41, 5.74) is 4.95. The van der Waals surface area contributed by atoms with E-state index in [4.69, 9.17) is 0 Å². The van der Waals surface area contributed by atoms with E-state index in [-0.39, 0.29) is 17.4 Å². The molecule has 1 spiro atoms. The van der Waals surface area contributed by atoms with Crippen LogP contribution in [0.15, 0.2) is 30.6 Å². The Morgan fingerprint density at radius 2 is 1.85 bits per heavy atom. The molecule has 3 saturated heterocycles. The first-order chi connectivity index (χ1) is 16.3. The molecule has 182 valence electrons. The minimum absolute atomic E-state index is 0.0842. The second kappa shape index (κ2) is 9.06. The van der Waals surface area contributed by atoms with Crippen LogP contribution < -0.4 is 9.80 Å². The lowest BCUT2D eigenvalue weighted by atomic mass is 9.86. The third-order valence-corrected chi connectivity index (χ3v) is 7.96. The van der Waals surface area contributed by atoms with Crippen LogP contribution in [0, 0.1) is 12.3 Å². The number of aryl methyl sites for hydroxylation is 1. The third-order valence-electron chi connectivity index (χ3n) is 7.96. The molecule has 1 aromatic carbocycles. The number of hydrogen-bond donors (Lipinski definition) is 0. The lowest BCUT2D eigenvalue weighted by Gasteiger charge is -2.25. The van der Waals surface area contributed by atoms with Crippen molar-refractivity contribution in [1.82, 2.24) is 19.6 Å². The quantitative estimate of drug-likeness (QED) is 0.694. The molecule has 34 heavy (non-hydrogen) atoms. The zero-order valence-electron chi connectivity index (χ0n) is 20.7. The number of aromatic nitrogens is 2. The Kier molecular flexibility index (Phi) is 6.10. The van der Waals surface area contributed by atoms with Crippen molar-refractivity contribution in [3.63, 3.8) is 0 Å². The molecular formula is C26H36N6O2. The Morgan fingerprint density at radius 1 is 1.09 bits per heavy atom. The fourth-order valence-corrected chi connectivity index (χ4v) is 5.90. The van der Waals surface area contributed by atoms with E-state index < -0.39 is 0 Å². The first-order valence-corrected chi connectivity index (χ1v) is 12.5. The van der Waals surface area contributed by atoms with Gasteiger partial charge in [-0.05, 0) is 56.3 Å². The summed E-state index contributed by atoms with van der Waals surface area (Å²) < 4.78 is 1.37. The summed E-state index contributed by atoms with van der Waals surface area (Å²) in [5.74, 6) is -0.0842. The zero-order chi connectivity index (χ0) is 23.9. The number of likely N-dealkylation sites (tertiary alicyclic amines) is 2. The largest absolute Gasteiger partial charge is 0.371 e. The van der Waals surface area contributed by atoms with Gasteiger partial charge in [-0.1, -0.05) is 12.1 Å². The summed E-state index contributed by atoms with van der Waals surface area (Å²) in [5, 5.41) is 4.21. The molecule has 0 radical (unpaired) electrons. The normalized spacial score (nSPS) is 22.8. The van der Waals surface area contributed by atoms with Crippen LogP contribution in [0.3, 0.4) is 0 Å². The molecule has 2 aromatic rings. The van der Waals surface area contributed by atoms with Gasteiger partial charge in [0.25, 0.3) is 0 Å². The average Bonchev–Trinajstić information content (AvgIpc) is 3.62. The van der Waals surface area contributed by atoms with E-state index in [0.717, 1.165) is 45.6 Å². The molecular weight excluding hydrogens is 428 g/mol. The van der Waals surface area contributed by atoms with Crippen LogP contribution in [-0.2, 0) is 11.3 Å². The monoisotopic (exact) mass is 464 g/mol. The smallest absolute Gasteiger partial charge is 0.344 e. The molecule has 0 aliphatic carbocycles. The number of hydrogen-bond acceptors (Lipinski definition) is 5. The van der Waals surface area contributed by atoms with E-state index >= 15 is 0 Å². The highest BCUT2D eigenvalue weighted by Gasteiger charge is 2.45. The number of anilines is 2. The fraction of sp³-hybridized carbons (Fsp3) is 0.577. The molecule has 0 saturated carbocycles. The Bertz CT molecular complexity index is 1070. The van der Waals surface area contributed by atoms with Gasteiger partial charge in [0.15, 0.2) is 0 Å². The molecule has 1 atom stereocenters. The lowest BCUT2D eigenvalue weighted by Crippen LogP contribution is -2.36. The number of amides is 2. The number of carbonyl (C=O) groups excluding carboxylic acids is 2. The summed E-state index contributed by atoms with van der Waals surface area (Å²) in [6.07, 6.45) is 7.97. The van der Waals surface area contributed by atoms with Crippen LogP contribution in [-0.4, -0.2) is 77.8 Å². The Morgan fingerprint density at radius 3 is 2.59 bits per heavy atom. The summed E-state index contributed by atoms with van der Waals surface area (Å²) in [7, 11) is 1.69. The zero-order valence-corrected chi connectivity index (χ0v) is 20.7. The minimum Gasteiger partial charge on any atom is -0.371 e. The van der Waals surface area contributed by atoms with Crippen molar-refractivity contribution in [1.29, 1.82) is 0 Å². The fourth-order valence-electron chi connectivity index (χ4n) is 5.90. The van der Waals surface area contributed by atoms with Crippen molar-refractivity contribution in [3.05, 3.63) is 41.7 Å². The molecule has 8 heteroatoms. The van der Waals surface area contributed by atoms with Crippen molar-refractivity contribution in [2.75, 3.05) is 56.1 Å². The summed E-state index contributed by atoms with van der Waals surface area (Å²) in [4.78, 5) is 33.1. The Hall–Kier alpha value is -2.87. The SMILES string of the molecule is CC(=O)N(C)c1cnn(C(=O)N2CCC3(CCN(Cc4ccc(N5CCCC5)c(C)c4)C3)C2)c1. The topological polar surface area (TPSA) is 64.9 Å². The van der Waals surface area contributed by atoms with Gasteiger partial charge in [0.2, 0.25) is 5.91 Å². The summed E-state index contributed by atoms with van der Waals surface area (Å²) >= 11 is 0. The predicted octanol–water partition coefficient (Wildman–Crippen LogP) is 3.34. The maximum atomic E-state index is 13.0. The van der Waals surface area contributed by atoms with Gasteiger partial charge >= 0.3 is 6.03 Å². The highest BCUT2D eigenvalue weighted by molar-refractivity contribution is 5.91. The third kappa shape index (κ3) is 4.43. The predicted molar refractivity (Wildman–Crippen MR) is 133 cm³/mol. The second-order valence-electron chi connectivity index (χ2n) is 10.5. The summed E-state index contributed by atoms with van der Waals surface area (Å²) in [6.45, 7) is 10.7. The molecule has 8 nitrogen and oxygen atoms in total. The minimum atomic E-state index is -0.105. The van der Waals surface area contributed by atoms with E-state index in [0.29, 0.717) is 5.69 Å². The van der Waals surface area contributed by atoms with Crippen molar-refractivity contribution >= 4 is 23.3 Å². The number of benzene rings is 1. The van der Waals surface area contributed by atoms with Gasteiger partial charge in [0.1, 0.15) is 0 Å². The van der Waals surface area contributed by atoms with Gasteiger partial charge < -0.3 is 14.7 Å². The van der Waals surface area contributed by atoms with Crippen molar-refractivity contribution in [3.8, 4) is 0 Å². The van der Waals surface area contributed by atoms with Gasteiger partial charge in [-0.15, -0.1) is 0 Å². The molecule has 2 amide bonds. The number of rotatable bonds is 4. The number of carbonyl (C=O) groups is 2. The van der Waals surface area contributed by atoms with Gasteiger partial charge in [0, 0.05) is 64.3 Å². The number of nitrogens with zero attached hydrogens (tertiary/aromatic N) is 6. The van der Waals surface area contributed by atoms with Crippen LogP contribution in [0.5, 0.6) is 0 Å². The highest BCUT2D eigenvalue weighted by atomic mass is 16.2. The highest BCUT2D eigenvalue weighted by Crippen LogP contribution is 2.40. The van der Waals surface area contributed by atoms with E-state index in [2.05, 4.69) is 40.0 Å². The maximum absolute atomic E-state index is 13.0. The first kappa shape index (κ1) is 22.9.